The zero-order chi connectivity index (χ0) is 51.5. The lowest BCUT2D eigenvalue weighted by molar-refractivity contribution is -0.126. The van der Waals surface area contributed by atoms with Crippen LogP contribution in [0.3, 0.4) is 0 Å². The molecule has 2 aromatic rings. The van der Waals surface area contributed by atoms with Gasteiger partial charge in [0.15, 0.2) is 23.1 Å². The molecule has 0 radical (unpaired) electrons. The molecule has 7 N–H and O–H groups in total. The van der Waals surface area contributed by atoms with Crippen LogP contribution in [-0.2, 0) is 33.5 Å². The average molecular weight is 986 g/mol. The van der Waals surface area contributed by atoms with Crippen molar-refractivity contribution in [3.8, 4) is 11.1 Å². The van der Waals surface area contributed by atoms with Crippen LogP contribution in [0.2, 0.25) is 0 Å². The molecule has 2 aliphatic carbocycles. The van der Waals surface area contributed by atoms with Gasteiger partial charge in [0.05, 0.1) is 42.9 Å². The molecule has 394 valence electrons. The molecule has 15 nitrogen and oxygen atoms in total. The van der Waals surface area contributed by atoms with Crippen molar-refractivity contribution in [3.63, 3.8) is 0 Å². The van der Waals surface area contributed by atoms with Gasteiger partial charge in [0, 0.05) is 70.6 Å². The van der Waals surface area contributed by atoms with E-state index in [1.165, 1.54) is 64.2 Å². The summed E-state index contributed by atoms with van der Waals surface area (Å²) in [6.45, 7) is 13.0. The van der Waals surface area contributed by atoms with Crippen LogP contribution in [0.25, 0.3) is 11.1 Å². The minimum absolute atomic E-state index is 0.0331. The summed E-state index contributed by atoms with van der Waals surface area (Å²) in [4.78, 5) is 89.3. The molecule has 0 spiro atoms. The van der Waals surface area contributed by atoms with Gasteiger partial charge in [-0.2, -0.15) is 0 Å². The molecule has 15 heteroatoms. The second kappa shape index (κ2) is 32.5. The van der Waals surface area contributed by atoms with E-state index in [4.69, 9.17) is 4.74 Å². The molecule has 0 aromatic heterocycles. The van der Waals surface area contributed by atoms with Crippen LogP contribution in [0.5, 0.6) is 0 Å². The zero-order valence-electron chi connectivity index (χ0n) is 43.8. The van der Waals surface area contributed by atoms with E-state index in [1.807, 2.05) is 31.2 Å². The lowest BCUT2D eigenvalue weighted by Crippen LogP contribution is -2.44. The topological polar surface area (TPSA) is 213 Å². The summed E-state index contributed by atoms with van der Waals surface area (Å²) in [7, 11) is 0. The number of hydrogen-bond acceptors (Lipinski definition) is 14. The van der Waals surface area contributed by atoms with Crippen molar-refractivity contribution in [2.75, 3.05) is 46.0 Å². The van der Waals surface area contributed by atoms with Gasteiger partial charge in [0.1, 0.15) is 18.2 Å². The third kappa shape index (κ3) is 21.2. The molecular weight excluding hydrogens is 899 g/mol. The summed E-state index contributed by atoms with van der Waals surface area (Å²) in [6.07, 6.45) is 13.5. The number of nitrogens with one attached hydrogen (secondary N) is 7. The Bertz CT molecular complexity index is 1950. The quantitative estimate of drug-likeness (QED) is 0.0374. The van der Waals surface area contributed by atoms with E-state index in [-0.39, 0.29) is 98.5 Å². The van der Waals surface area contributed by atoms with Gasteiger partial charge in [-0.15, -0.1) is 0 Å². The van der Waals surface area contributed by atoms with Gasteiger partial charge in [-0.3, -0.25) is 34.1 Å². The minimum atomic E-state index is -0.574. The summed E-state index contributed by atoms with van der Waals surface area (Å²) in [5.74, 6) is 0.368. The maximum Gasteiger partial charge on any atom is 0.408 e. The number of hydrogen-bond donors (Lipinski definition) is 7. The van der Waals surface area contributed by atoms with Crippen molar-refractivity contribution in [1.82, 2.24) is 37.2 Å². The first-order valence-electron chi connectivity index (χ1n) is 26.8. The molecule has 2 aliphatic rings. The maximum absolute atomic E-state index is 12.9. The number of rotatable bonds is 33. The first kappa shape index (κ1) is 59.1. The van der Waals surface area contributed by atoms with Crippen molar-refractivity contribution in [3.05, 3.63) is 59.7 Å². The van der Waals surface area contributed by atoms with Crippen molar-refractivity contribution in [2.24, 2.45) is 5.92 Å². The second-order valence-electron chi connectivity index (χ2n) is 20.0. The number of alkyl carbamates (subject to hydrolysis) is 1. The van der Waals surface area contributed by atoms with Crippen LogP contribution in [0.4, 0.5) is 4.79 Å². The molecular formula is C56H87N7O8. The number of amides is 1. The minimum Gasteiger partial charge on any atom is -0.449 e. The molecule has 2 aromatic carbocycles. The first-order chi connectivity index (χ1) is 34.2. The molecule has 1 saturated carbocycles. The summed E-state index contributed by atoms with van der Waals surface area (Å²) in [6, 6.07) is 13.6. The Labute approximate surface area is 424 Å². The molecule has 0 bridgehead atoms. The molecule has 71 heavy (non-hydrogen) atoms. The van der Waals surface area contributed by atoms with Gasteiger partial charge >= 0.3 is 6.09 Å². The lowest BCUT2D eigenvalue weighted by Gasteiger charge is -2.20. The van der Waals surface area contributed by atoms with E-state index in [9.17, 15) is 33.6 Å². The molecule has 1 amide bonds. The highest BCUT2D eigenvalue weighted by Gasteiger charge is 2.29. The van der Waals surface area contributed by atoms with E-state index in [0.29, 0.717) is 32.1 Å². The van der Waals surface area contributed by atoms with Crippen molar-refractivity contribution in [2.45, 2.75) is 186 Å². The van der Waals surface area contributed by atoms with Crippen LogP contribution in [0.15, 0.2) is 48.5 Å². The van der Waals surface area contributed by atoms with E-state index < -0.39 is 36.3 Å². The highest BCUT2D eigenvalue weighted by atomic mass is 16.5. The van der Waals surface area contributed by atoms with Crippen molar-refractivity contribution < 1.29 is 38.3 Å². The van der Waals surface area contributed by atoms with E-state index in [0.717, 1.165) is 28.8 Å². The van der Waals surface area contributed by atoms with Crippen molar-refractivity contribution in [1.29, 1.82) is 0 Å². The molecule has 0 heterocycles. The fraction of sp³-hybridized carbons (Fsp3) is 0.661. The highest BCUT2D eigenvalue weighted by Crippen LogP contribution is 2.44. The first-order valence-corrected chi connectivity index (χ1v) is 26.8. The van der Waals surface area contributed by atoms with Gasteiger partial charge < -0.3 is 36.6 Å². The van der Waals surface area contributed by atoms with E-state index in [1.54, 1.807) is 34.6 Å². The van der Waals surface area contributed by atoms with Crippen molar-refractivity contribution >= 4 is 40.8 Å². The molecule has 4 rings (SSSR count). The lowest BCUT2D eigenvalue weighted by atomic mass is 9.94. The molecule has 0 aliphatic heterocycles. The third-order valence-electron chi connectivity index (χ3n) is 14.5. The van der Waals surface area contributed by atoms with Crippen LogP contribution < -0.4 is 37.2 Å². The van der Waals surface area contributed by atoms with Gasteiger partial charge in [-0.05, 0) is 89.1 Å². The maximum atomic E-state index is 12.9. The fourth-order valence-corrected chi connectivity index (χ4v) is 9.42. The number of Topliss-reactive ketones (excluding diaryl/α,β-unsaturated/α-hetero) is 6. The largest absolute Gasteiger partial charge is 0.449 e. The number of ketones is 6. The third-order valence-corrected chi connectivity index (χ3v) is 14.5. The predicted octanol–water partition coefficient (Wildman–Crippen LogP) is 6.64. The van der Waals surface area contributed by atoms with Crippen LogP contribution in [0, 0.1) is 5.92 Å². The smallest absolute Gasteiger partial charge is 0.408 e. The Morgan fingerprint density at radius 3 is 1.20 bits per heavy atom. The predicted molar refractivity (Wildman–Crippen MR) is 280 cm³/mol. The normalized spacial score (nSPS) is 17.0. The number of fused-ring (bicyclic) bond motifs is 3. The summed E-state index contributed by atoms with van der Waals surface area (Å²) in [5.41, 5.74) is 4.56. The Morgan fingerprint density at radius 1 is 0.451 bits per heavy atom. The molecule has 0 saturated heterocycles. The number of benzene rings is 2. The van der Waals surface area contributed by atoms with Crippen LogP contribution in [0.1, 0.15) is 161 Å². The summed E-state index contributed by atoms with van der Waals surface area (Å²) in [5, 5.41) is 21.6. The average Bonchev–Trinajstić information content (AvgIpc) is 3.65. The summed E-state index contributed by atoms with van der Waals surface area (Å²) >= 11 is 0. The number of carbonyl (C=O) groups excluding carboxylic acids is 7. The van der Waals surface area contributed by atoms with Gasteiger partial charge in [0.2, 0.25) is 0 Å². The Hall–Kier alpha value is -4.51. The SMILES string of the molecule is C[C@H](NCCC(=O)[C@H](C)NCCC(=O)[C@H](C)NCNC(=O)OCC1c2ccccc2-c2ccccc21)C(=O)CCN[C@@H](C)C(=O)CCN[C@@H](C)C(=O)CCC(=O)[C@H](C)NCC1CCCCCCCCCC1. The van der Waals surface area contributed by atoms with E-state index in [2.05, 4.69) is 61.5 Å². The highest BCUT2D eigenvalue weighted by molar-refractivity contribution is 5.91. The number of ether oxygens (including phenoxy) is 1. The number of carbonyl (C=O) groups is 7. The molecule has 1 fully saturated rings. The van der Waals surface area contributed by atoms with Gasteiger partial charge in [-0.25, -0.2) is 4.79 Å². The van der Waals surface area contributed by atoms with Gasteiger partial charge in [0.25, 0.3) is 0 Å². The second-order valence-corrected chi connectivity index (χ2v) is 20.0. The fourth-order valence-electron chi connectivity index (χ4n) is 9.42. The van der Waals surface area contributed by atoms with Crippen LogP contribution >= 0.6 is 0 Å². The Morgan fingerprint density at radius 2 is 0.789 bits per heavy atom. The Balaban J connectivity index is 0.976. The molecule has 6 atom stereocenters. The van der Waals surface area contributed by atoms with Crippen LogP contribution in [-0.4, -0.2) is 123 Å². The standard InChI is InChI=1S/C56H87N7O8/c1-38(50(64)25-26-51(65)42(5)61-35-44-19-13-11-9-7-8-10-12-14-20-44)57-31-27-52(66)39(2)58-32-28-53(67)40(3)59-33-29-54(68)41(4)60-34-30-55(69)43(6)62-37-63-56(70)71-36-49-47-23-17-15-21-45(47)46-22-16-18-24-48(46)49/h15-18,21-24,38-44,49,57-62H,7-14,19-20,25-37H2,1-6H3,(H,63,70)/t38-,39-,40-,41-,42-,43-/m0/s1. The Kier molecular flexibility index (Phi) is 27.1. The molecule has 0 unspecified atom stereocenters. The van der Waals surface area contributed by atoms with Gasteiger partial charge in [-0.1, -0.05) is 99.9 Å². The zero-order valence-corrected chi connectivity index (χ0v) is 43.8. The van der Waals surface area contributed by atoms with E-state index >= 15 is 0 Å². The summed E-state index contributed by atoms with van der Waals surface area (Å²) < 4.78 is 5.56. The monoisotopic (exact) mass is 986 g/mol.